The van der Waals surface area contributed by atoms with E-state index in [4.69, 9.17) is 4.74 Å². The third kappa shape index (κ3) is 2.92. The fourth-order valence-corrected chi connectivity index (χ4v) is 4.27. The van der Waals surface area contributed by atoms with Gasteiger partial charge in [0.1, 0.15) is 5.75 Å². The Morgan fingerprint density at radius 2 is 1.87 bits per heavy atom. The molecule has 1 aliphatic rings. The van der Waals surface area contributed by atoms with Crippen LogP contribution in [-0.4, -0.2) is 17.5 Å². The van der Waals surface area contributed by atoms with Crippen molar-refractivity contribution in [2.45, 2.75) is 11.5 Å². The first-order valence-electron chi connectivity index (χ1n) is 4.77. The van der Waals surface area contributed by atoms with Crippen molar-refractivity contribution >= 4 is 29.5 Å². The Labute approximate surface area is 97.8 Å². The van der Waals surface area contributed by atoms with Gasteiger partial charge in [-0.3, -0.25) is 4.79 Å². The topological polar surface area (TPSA) is 26.3 Å². The van der Waals surface area contributed by atoms with Crippen LogP contribution >= 0.6 is 23.5 Å². The summed E-state index contributed by atoms with van der Waals surface area (Å²) in [4.78, 5) is 10.7. The van der Waals surface area contributed by atoms with Gasteiger partial charge in [-0.05, 0) is 17.7 Å². The van der Waals surface area contributed by atoms with Crippen molar-refractivity contribution in [2.24, 2.45) is 0 Å². The average Bonchev–Trinajstić information content (AvgIpc) is 2.71. The Morgan fingerprint density at radius 1 is 1.27 bits per heavy atom. The highest BCUT2D eigenvalue weighted by Gasteiger charge is 2.17. The Balaban J connectivity index is 2.06. The molecule has 4 heteroatoms. The van der Waals surface area contributed by atoms with Crippen LogP contribution in [0.15, 0.2) is 24.3 Å². The summed E-state index contributed by atoms with van der Waals surface area (Å²) in [5.74, 6) is 2.80. The van der Waals surface area contributed by atoms with Gasteiger partial charge in [-0.15, -0.1) is 23.5 Å². The number of hydrogen-bond acceptors (Lipinski definition) is 4. The molecule has 1 saturated heterocycles. The van der Waals surface area contributed by atoms with Gasteiger partial charge in [0.2, 0.25) is 0 Å². The molecule has 1 fully saturated rings. The van der Waals surface area contributed by atoms with E-state index in [-0.39, 0.29) is 5.97 Å². The molecule has 0 spiro atoms. The summed E-state index contributed by atoms with van der Waals surface area (Å²) >= 11 is 3.94. The lowest BCUT2D eigenvalue weighted by Gasteiger charge is -2.08. The number of esters is 1. The van der Waals surface area contributed by atoms with Gasteiger partial charge in [-0.1, -0.05) is 12.1 Å². The zero-order valence-corrected chi connectivity index (χ0v) is 10.1. The number of carbonyl (C=O) groups excluding carboxylic acids is 1. The maximum absolute atomic E-state index is 10.7. The average molecular weight is 240 g/mol. The van der Waals surface area contributed by atoms with Gasteiger partial charge >= 0.3 is 5.97 Å². The molecule has 0 unspecified atom stereocenters. The highest BCUT2D eigenvalue weighted by molar-refractivity contribution is 8.19. The van der Waals surface area contributed by atoms with Gasteiger partial charge in [0.25, 0.3) is 0 Å². The second kappa shape index (κ2) is 4.94. The van der Waals surface area contributed by atoms with Crippen molar-refractivity contribution in [1.82, 2.24) is 0 Å². The predicted octanol–water partition coefficient (Wildman–Crippen LogP) is 3.09. The fraction of sp³-hybridized carbons (Fsp3) is 0.364. The van der Waals surface area contributed by atoms with E-state index >= 15 is 0 Å². The molecule has 0 aliphatic carbocycles. The van der Waals surface area contributed by atoms with Gasteiger partial charge in [-0.25, -0.2) is 0 Å². The molecule has 0 N–H and O–H groups in total. The summed E-state index contributed by atoms with van der Waals surface area (Å²) in [6.45, 7) is 1.41. The molecule has 0 atom stereocenters. The van der Waals surface area contributed by atoms with Crippen LogP contribution in [0.4, 0.5) is 0 Å². The van der Waals surface area contributed by atoms with Crippen LogP contribution in [0.2, 0.25) is 0 Å². The first-order valence-corrected chi connectivity index (χ1v) is 6.87. The molecular formula is C11H12O2S2. The van der Waals surface area contributed by atoms with E-state index in [9.17, 15) is 4.79 Å². The highest BCUT2D eigenvalue weighted by Crippen LogP contribution is 2.45. The summed E-state index contributed by atoms with van der Waals surface area (Å²) < 4.78 is 5.53. The molecule has 0 amide bonds. The van der Waals surface area contributed by atoms with Crippen molar-refractivity contribution < 1.29 is 9.53 Å². The van der Waals surface area contributed by atoms with E-state index < -0.39 is 0 Å². The third-order valence-corrected chi connectivity index (χ3v) is 5.14. The minimum atomic E-state index is -0.271. The standard InChI is InChI=1S/C11H12O2S2/c1-8(12)13-10-4-2-9(3-5-10)11-14-6-7-15-11/h2-5,11H,6-7H2,1H3. The maximum atomic E-state index is 10.7. The highest BCUT2D eigenvalue weighted by atomic mass is 32.2. The normalized spacial score (nSPS) is 16.6. The van der Waals surface area contributed by atoms with Crippen molar-refractivity contribution in [2.75, 3.05) is 11.5 Å². The van der Waals surface area contributed by atoms with Gasteiger partial charge < -0.3 is 4.74 Å². The minimum Gasteiger partial charge on any atom is -0.427 e. The smallest absolute Gasteiger partial charge is 0.308 e. The lowest BCUT2D eigenvalue weighted by atomic mass is 10.2. The molecule has 0 aromatic heterocycles. The third-order valence-electron chi connectivity index (χ3n) is 2.04. The Hall–Kier alpha value is -0.610. The van der Waals surface area contributed by atoms with Crippen molar-refractivity contribution in [3.63, 3.8) is 0 Å². The first-order chi connectivity index (χ1) is 7.25. The van der Waals surface area contributed by atoms with Crippen LogP contribution in [0, 0.1) is 0 Å². The van der Waals surface area contributed by atoms with E-state index in [0.29, 0.717) is 10.3 Å². The molecule has 2 rings (SSSR count). The van der Waals surface area contributed by atoms with Crippen LogP contribution in [0.25, 0.3) is 0 Å². The molecule has 15 heavy (non-hydrogen) atoms. The maximum Gasteiger partial charge on any atom is 0.308 e. The second-order valence-corrected chi connectivity index (χ2v) is 5.96. The number of benzene rings is 1. The lowest BCUT2D eigenvalue weighted by molar-refractivity contribution is -0.131. The number of ether oxygens (including phenoxy) is 1. The molecule has 80 valence electrons. The van der Waals surface area contributed by atoms with E-state index in [2.05, 4.69) is 0 Å². The summed E-state index contributed by atoms with van der Waals surface area (Å²) in [6, 6.07) is 7.79. The molecular weight excluding hydrogens is 228 g/mol. The largest absolute Gasteiger partial charge is 0.427 e. The fourth-order valence-electron chi connectivity index (χ4n) is 1.41. The number of carbonyl (C=O) groups is 1. The van der Waals surface area contributed by atoms with Crippen molar-refractivity contribution in [1.29, 1.82) is 0 Å². The van der Waals surface area contributed by atoms with Crippen LogP contribution in [0.3, 0.4) is 0 Å². The quantitative estimate of drug-likeness (QED) is 0.586. The summed E-state index contributed by atoms with van der Waals surface area (Å²) in [7, 11) is 0. The summed E-state index contributed by atoms with van der Waals surface area (Å²) in [5, 5.41) is 0. The van der Waals surface area contributed by atoms with E-state index in [1.54, 1.807) is 0 Å². The van der Waals surface area contributed by atoms with Gasteiger partial charge in [0, 0.05) is 18.4 Å². The molecule has 2 nitrogen and oxygen atoms in total. The molecule has 0 radical (unpaired) electrons. The van der Waals surface area contributed by atoms with E-state index in [0.717, 1.165) is 0 Å². The second-order valence-electron chi connectivity index (χ2n) is 3.24. The van der Waals surface area contributed by atoms with Gasteiger partial charge in [-0.2, -0.15) is 0 Å². The number of rotatable bonds is 2. The minimum absolute atomic E-state index is 0.271. The number of thioether (sulfide) groups is 2. The Kier molecular flexibility index (Phi) is 3.59. The molecule has 0 bridgehead atoms. The first kappa shape index (κ1) is 10.9. The van der Waals surface area contributed by atoms with Gasteiger partial charge in [0.15, 0.2) is 0 Å². The van der Waals surface area contributed by atoms with Crippen molar-refractivity contribution in [3.05, 3.63) is 29.8 Å². The molecule has 1 aromatic rings. The van der Waals surface area contributed by atoms with Crippen LogP contribution in [0.1, 0.15) is 17.1 Å². The monoisotopic (exact) mass is 240 g/mol. The summed E-state index contributed by atoms with van der Waals surface area (Å²) in [6.07, 6.45) is 0. The lowest BCUT2D eigenvalue weighted by Crippen LogP contribution is -2.01. The molecule has 0 saturated carbocycles. The number of hydrogen-bond donors (Lipinski definition) is 0. The Morgan fingerprint density at radius 3 is 2.40 bits per heavy atom. The summed E-state index contributed by atoms with van der Waals surface area (Å²) in [5.41, 5.74) is 1.30. The van der Waals surface area contributed by atoms with Crippen LogP contribution in [-0.2, 0) is 4.79 Å². The zero-order chi connectivity index (χ0) is 10.7. The van der Waals surface area contributed by atoms with E-state index in [1.165, 1.54) is 24.0 Å². The van der Waals surface area contributed by atoms with Crippen LogP contribution < -0.4 is 4.74 Å². The SMILES string of the molecule is CC(=O)Oc1ccc(C2SCCS2)cc1. The van der Waals surface area contributed by atoms with Crippen LogP contribution in [0.5, 0.6) is 5.75 Å². The van der Waals surface area contributed by atoms with Gasteiger partial charge in [0.05, 0.1) is 4.58 Å². The Bertz CT molecular complexity index is 342. The van der Waals surface area contributed by atoms with E-state index in [1.807, 2.05) is 47.8 Å². The molecule has 1 aliphatic heterocycles. The zero-order valence-electron chi connectivity index (χ0n) is 8.43. The predicted molar refractivity (Wildman–Crippen MR) is 65.4 cm³/mol. The molecule has 1 heterocycles. The van der Waals surface area contributed by atoms with Crippen molar-refractivity contribution in [3.8, 4) is 5.75 Å². The molecule has 1 aromatic carbocycles.